The number of benzene rings is 1. The fourth-order valence-corrected chi connectivity index (χ4v) is 2.15. The highest BCUT2D eigenvalue weighted by Gasteiger charge is 2.11. The summed E-state index contributed by atoms with van der Waals surface area (Å²) in [6.07, 6.45) is 5.04. The number of imidazole rings is 1. The maximum absolute atomic E-state index is 5.80. The highest BCUT2D eigenvalue weighted by molar-refractivity contribution is 5.84. The number of fused-ring (bicyclic) bond motifs is 1. The van der Waals surface area contributed by atoms with Crippen LogP contribution in [-0.2, 0) is 0 Å². The number of nitrogen functional groups attached to an aromatic ring is 1. The van der Waals surface area contributed by atoms with Gasteiger partial charge in [0.15, 0.2) is 11.5 Å². The molecule has 1 aromatic carbocycles. The molecule has 3 aromatic heterocycles. The molecule has 0 radical (unpaired) electrons. The summed E-state index contributed by atoms with van der Waals surface area (Å²) in [5.41, 5.74) is 8.83. The summed E-state index contributed by atoms with van der Waals surface area (Å²) in [5.74, 6) is 1.05. The molecule has 0 bridgehead atoms. The fraction of sp³-hybridized carbons (Fsp3) is 0. The molecule has 7 heteroatoms. The highest BCUT2D eigenvalue weighted by atomic mass is 15.3. The predicted molar refractivity (Wildman–Crippen MR) is 78.7 cm³/mol. The summed E-state index contributed by atoms with van der Waals surface area (Å²) in [4.78, 5) is 15.6. The molecule has 0 amide bonds. The van der Waals surface area contributed by atoms with Gasteiger partial charge in [0.05, 0.1) is 17.4 Å². The van der Waals surface area contributed by atoms with Gasteiger partial charge in [-0.05, 0) is 12.1 Å². The van der Waals surface area contributed by atoms with Gasteiger partial charge >= 0.3 is 0 Å². The molecule has 0 saturated carbocycles. The van der Waals surface area contributed by atoms with Crippen LogP contribution < -0.4 is 5.73 Å². The summed E-state index contributed by atoms with van der Waals surface area (Å²) >= 11 is 0. The van der Waals surface area contributed by atoms with Crippen LogP contribution >= 0.6 is 0 Å². The highest BCUT2D eigenvalue weighted by Crippen LogP contribution is 2.21. The molecule has 3 N–H and O–H groups in total. The smallest absolute Gasteiger partial charge is 0.183 e. The fourth-order valence-electron chi connectivity index (χ4n) is 2.15. The third-order valence-corrected chi connectivity index (χ3v) is 3.19. The molecule has 0 aliphatic carbocycles. The van der Waals surface area contributed by atoms with Gasteiger partial charge in [-0.25, -0.2) is 19.6 Å². The Morgan fingerprint density at radius 1 is 1.10 bits per heavy atom. The lowest BCUT2D eigenvalue weighted by molar-refractivity contribution is 0.880. The van der Waals surface area contributed by atoms with Crippen LogP contribution in [0.5, 0.6) is 0 Å². The normalized spacial score (nSPS) is 11.0. The van der Waals surface area contributed by atoms with Gasteiger partial charge in [0.25, 0.3) is 0 Å². The zero-order valence-electron chi connectivity index (χ0n) is 10.9. The van der Waals surface area contributed by atoms with E-state index in [-0.39, 0.29) is 0 Å². The van der Waals surface area contributed by atoms with E-state index in [4.69, 9.17) is 5.73 Å². The Labute approximate surface area is 119 Å². The van der Waals surface area contributed by atoms with Crippen LogP contribution in [0.2, 0.25) is 0 Å². The molecule has 0 aliphatic heterocycles. The Bertz CT molecular complexity index is 907. The van der Waals surface area contributed by atoms with E-state index in [2.05, 4.69) is 25.0 Å². The van der Waals surface area contributed by atoms with Crippen molar-refractivity contribution in [2.45, 2.75) is 0 Å². The second-order valence-electron chi connectivity index (χ2n) is 4.55. The Morgan fingerprint density at radius 3 is 2.76 bits per heavy atom. The molecule has 3 heterocycles. The quantitative estimate of drug-likeness (QED) is 0.582. The van der Waals surface area contributed by atoms with Gasteiger partial charge in [0.2, 0.25) is 0 Å². The molecule has 0 aliphatic rings. The zero-order chi connectivity index (χ0) is 14.2. The van der Waals surface area contributed by atoms with Gasteiger partial charge < -0.3 is 10.7 Å². The SMILES string of the molecule is Nc1ncnc2nc(-c3cnn(-c4ccccc4)c3)[nH]c12. The van der Waals surface area contributed by atoms with Crippen LogP contribution in [0.3, 0.4) is 0 Å². The van der Waals surface area contributed by atoms with E-state index in [1.54, 1.807) is 10.9 Å². The van der Waals surface area contributed by atoms with Gasteiger partial charge in [0, 0.05) is 6.20 Å². The third kappa shape index (κ3) is 1.91. The van der Waals surface area contributed by atoms with Crippen molar-refractivity contribution >= 4 is 17.0 Å². The largest absolute Gasteiger partial charge is 0.382 e. The number of rotatable bonds is 2. The number of nitrogens with one attached hydrogen (secondary N) is 1. The molecule has 0 unspecified atom stereocenters. The number of aromatic nitrogens is 6. The molecule has 4 rings (SSSR count). The predicted octanol–water partition coefficient (Wildman–Crippen LogP) is 1.79. The summed E-state index contributed by atoms with van der Waals surface area (Å²) in [6, 6.07) is 9.87. The lowest BCUT2D eigenvalue weighted by Gasteiger charge is -1.98. The Morgan fingerprint density at radius 2 is 1.95 bits per heavy atom. The van der Waals surface area contributed by atoms with Crippen molar-refractivity contribution in [1.82, 2.24) is 29.7 Å². The number of anilines is 1. The zero-order valence-corrected chi connectivity index (χ0v) is 10.9. The first kappa shape index (κ1) is 11.6. The molecule has 0 fully saturated rings. The number of nitrogens with two attached hydrogens (primary N) is 1. The van der Waals surface area contributed by atoms with Crippen molar-refractivity contribution in [3.8, 4) is 17.1 Å². The van der Waals surface area contributed by atoms with Crippen LogP contribution in [0.15, 0.2) is 49.1 Å². The van der Waals surface area contributed by atoms with Crippen LogP contribution in [0, 0.1) is 0 Å². The molecule has 0 spiro atoms. The van der Waals surface area contributed by atoms with Gasteiger partial charge in [-0.1, -0.05) is 18.2 Å². The summed E-state index contributed by atoms with van der Waals surface area (Å²) < 4.78 is 1.79. The third-order valence-electron chi connectivity index (χ3n) is 3.19. The molecule has 4 aromatic rings. The molecule has 0 saturated heterocycles. The van der Waals surface area contributed by atoms with Crippen molar-refractivity contribution in [3.05, 3.63) is 49.1 Å². The minimum atomic E-state index is 0.384. The number of aromatic amines is 1. The summed E-state index contributed by atoms with van der Waals surface area (Å²) in [5, 5.41) is 4.34. The topological polar surface area (TPSA) is 98.3 Å². The van der Waals surface area contributed by atoms with Crippen LogP contribution in [0.25, 0.3) is 28.2 Å². The Balaban J connectivity index is 1.79. The van der Waals surface area contributed by atoms with Crippen molar-refractivity contribution in [1.29, 1.82) is 0 Å². The maximum Gasteiger partial charge on any atom is 0.183 e. The molecular formula is C14H11N7. The van der Waals surface area contributed by atoms with E-state index in [0.717, 1.165) is 11.3 Å². The molecule has 0 atom stereocenters. The second kappa shape index (κ2) is 4.41. The molecule has 102 valence electrons. The average Bonchev–Trinajstić information content (AvgIpc) is 3.15. The van der Waals surface area contributed by atoms with Crippen molar-refractivity contribution in [2.24, 2.45) is 0 Å². The van der Waals surface area contributed by atoms with Gasteiger partial charge in [-0.3, -0.25) is 0 Å². The van der Waals surface area contributed by atoms with E-state index >= 15 is 0 Å². The van der Waals surface area contributed by atoms with Crippen LogP contribution in [0.4, 0.5) is 5.82 Å². The van der Waals surface area contributed by atoms with Crippen molar-refractivity contribution < 1.29 is 0 Å². The average molecular weight is 277 g/mol. The summed E-state index contributed by atoms with van der Waals surface area (Å²) in [6.45, 7) is 0. The molecule has 7 nitrogen and oxygen atoms in total. The Kier molecular flexibility index (Phi) is 2.43. The standard InChI is InChI=1S/C14H11N7/c15-12-11-14(17-8-16-12)20-13(19-11)9-6-18-21(7-9)10-4-2-1-3-5-10/h1-8H,(H3,15,16,17,19,20). The van der Waals surface area contributed by atoms with E-state index < -0.39 is 0 Å². The van der Waals surface area contributed by atoms with Crippen LogP contribution in [-0.4, -0.2) is 29.7 Å². The van der Waals surface area contributed by atoms with Crippen molar-refractivity contribution in [3.63, 3.8) is 0 Å². The lowest BCUT2D eigenvalue weighted by Crippen LogP contribution is -1.92. The first-order valence-electron chi connectivity index (χ1n) is 6.38. The number of H-pyrrole nitrogens is 1. The van der Waals surface area contributed by atoms with E-state index in [9.17, 15) is 0 Å². The molecule has 21 heavy (non-hydrogen) atoms. The van der Waals surface area contributed by atoms with Gasteiger partial charge in [-0.15, -0.1) is 0 Å². The minimum absolute atomic E-state index is 0.384. The second-order valence-corrected chi connectivity index (χ2v) is 4.55. The maximum atomic E-state index is 5.80. The number of para-hydroxylation sites is 1. The number of hydrogen-bond acceptors (Lipinski definition) is 5. The van der Waals surface area contributed by atoms with Crippen molar-refractivity contribution in [2.75, 3.05) is 5.73 Å². The monoisotopic (exact) mass is 277 g/mol. The van der Waals surface area contributed by atoms with Crippen LogP contribution in [0.1, 0.15) is 0 Å². The van der Waals surface area contributed by atoms with Gasteiger partial charge in [0.1, 0.15) is 17.7 Å². The van der Waals surface area contributed by atoms with E-state index in [0.29, 0.717) is 22.8 Å². The summed E-state index contributed by atoms with van der Waals surface area (Å²) in [7, 11) is 0. The lowest BCUT2D eigenvalue weighted by atomic mass is 10.3. The first-order chi connectivity index (χ1) is 10.3. The number of hydrogen-bond donors (Lipinski definition) is 2. The van der Waals surface area contributed by atoms with Gasteiger partial charge in [-0.2, -0.15) is 5.10 Å². The Hall–Kier alpha value is -3.22. The first-order valence-corrected chi connectivity index (χ1v) is 6.38. The molecular weight excluding hydrogens is 266 g/mol. The van der Waals surface area contributed by atoms with E-state index in [1.165, 1.54) is 6.33 Å². The van der Waals surface area contributed by atoms with E-state index in [1.807, 2.05) is 36.5 Å². The number of nitrogens with zero attached hydrogens (tertiary/aromatic N) is 5. The minimum Gasteiger partial charge on any atom is -0.382 e.